The minimum absolute atomic E-state index is 0.0495. The number of hydrogen-bond donors (Lipinski definition) is 1. The maximum absolute atomic E-state index is 13.3. The van der Waals surface area contributed by atoms with Crippen LogP contribution in [0.2, 0.25) is 0 Å². The first-order valence-electron chi connectivity index (χ1n) is 5.39. The summed E-state index contributed by atoms with van der Waals surface area (Å²) in [5.41, 5.74) is 0. The summed E-state index contributed by atoms with van der Waals surface area (Å²) in [5, 5.41) is 8.25. The van der Waals surface area contributed by atoms with Crippen molar-refractivity contribution in [2.24, 2.45) is 0 Å². The first-order valence-corrected chi connectivity index (χ1v) is 6.27. The lowest BCUT2D eigenvalue weighted by molar-refractivity contribution is -0.136. The van der Waals surface area contributed by atoms with Crippen LogP contribution in [-0.4, -0.2) is 16.3 Å². The van der Waals surface area contributed by atoms with Crippen molar-refractivity contribution in [1.29, 1.82) is 0 Å². The van der Waals surface area contributed by atoms with Crippen molar-refractivity contribution >= 4 is 17.7 Å². The molecular weight excluding hydrogens is 246 g/mol. The van der Waals surface area contributed by atoms with Crippen LogP contribution in [0.15, 0.2) is 23.1 Å². The monoisotopic (exact) mass is 260 g/mol. The van der Waals surface area contributed by atoms with Crippen molar-refractivity contribution in [3.05, 3.63) is 29.8 Å². The fourth-order valence-corrected chi connectivity index (χ4v) is 2.40. The van der Waals surface area contributed by atoms with Gasteiger partial charge in [0.15, 0.2) is 0 Å². The van der Waals surface area contributed by atoms with Crippen LogP contribution in [0, 0.1) is 11.6 Å². The van der Waals surface area contributed by atoms with Gasteiger partial charge in [-0.1, -0.05) is 19.8 Å². The fraction of sp³-hybridized carbons (Fsp3) is 0.417. The van der Waals surface area contributed by atoms with E-state index < -0.39 is 22.9 Å². The number of carbonyl (C=O) groups is 1. The Morgan fingerprint density at radius 2 is 2.18 bits per heavy atom. The maximum atomic E-state index is 13.3. The molecule has 0 aliphatic carbocycles. The Bertz CT molecular complexity index is 396. The lowest BCUT2D eigenvalue weighted by Gasteiger charge is -2.11. The van der Waals surface area contributed by atoms with Crippen LogP contribution in [0.3, 0.4) is 0 Å². The van der Waals surface area contributed by atoms with Crippen LogP contribution in [0.4, 0.5) is 8.78 Å². The van der Waals surface area contributed by atoms with Gasteiger partial charge in [0, 0.05) is 4.90 Å². The summed E-state index contributed by atoms with van der Waals surface area (Å²) >= 11 is 0.863. The summed E-state index contributed by atoms with van der Waals surface area (Å²) in [6.45, 7) is 1.95. The predicted octanol–water partition coefficient (Wildman–Crippen LogP) is 3.70. The molecule has 0 fully saturated rings. The molecular formula is C12H14F2O2S. The van der Waals surface area contributed by atoms with E-state index in [2.05, 4.69) is 0 Å². The summed E-state index contributed by atoms with van der Waals surface area (Å²) in [5.74, 6) is -2.14. The van der Waals surface area contributed by atoms with Crippen molar-refractivity contribution in [2.45, 2.75) is 36.3 Å². The number of thioether (sulfide) groups is 1. The predicted molar refractivity (Wildman–Crippen MR) is 63.2 cm³/mol. The Hall–Kier alpha value is -1.10. The average Bonchev–Trinajstić information content (AvgIpc) is 2.28. The van der Waals surface area contributed by atoms with Gasteiger partial charge in [0.25, 0.3) is 0 Å². The van der Waals surface area contributed by atoms with Gasteiger partial charge in [-0.3, -0.25) is 4.79 Å². The Balaban J connectivity index is 2.78. The average molecular weight is 260 g/mol. The van der Waals surface area contributed by atoms with E-state index in [1.165, 1.54) is 0 Å². The number of unbranched alkanes of at least 4 members (excludes halogenated alkanes) is 1. The molecule has 1 aromatic carbocycles. The summed E-state index contributed by atoms with van der Waals surface area (Å²) in [4.78, 5) is 11.0. The second-order valence-electron chi connectivity index (χ2n) is 3.66. The molecule has 1 unspecified atom stereocenters. The number of halogens is 2. The van der Waals surface area contributed by atoms with Crippen LogP contribution in [0.5, 0.6) is 0 Å². The zero-order valence-corrected chi connectivity index (χ0v) is 10.3. The van der Waals surface area contributed by atoms with Crippen molar-refractivity contribution in [3.63, 3.8) is 0 Å². The zero-order valence-electron chi connectivity index (χ0n) is 9.45. The molecule has 1 atom stereocenters. The molecule has 0 saturated carbocycles. The lowest BCUT2D eigenvalue weighted by Crippen LogP contribution is -2.16. The first-order chi connectivity index (χ1) is 8.04. The van der Waals surface area contributed by atoms with Gasteiger partial charge in [0.1, 0.15) is 16.9 Å². The van der Waals surface area contributed by atoms with Crippen molar-refractivity contribution < 1.29 is 18.7 Å². The quantitative estimate of drug-likeness (QED) is 0.792. The molecule has 0 aliphatic heterocycles. The number of rotatable bonds is 6. The number of carboxylic acid groups (broad SMARTS) is 1. The highest BCUT2D eigenvalue weighted by molar-refractivity contribution is 8.00. The largest absolute Gasteiger partial charge is 0.480 e. The first kappa shape index (κ1) is 14.0. The molecule has 0 saturated heterocycles. The topological polar surface area (TPSA) is 37.3 Å². The van der Waals surface area contributed by atoms with Gasteiger partial charge < -0.3 is 5.11 Å². The molecule has 0 radical (unpaired) electrons. The highest BCUT2D eigenvalue weighted by Crippen LogP contribution is 2.29. The molecule has 0 bridgehead atoms. The fourth-order valence-electron chi connectivity index (χ4n) is 1.34. The molecule has 1 N–H and O–H groups in total. The van der Waals surface area contributed by atoms with Crippen molar-refractivity contribution in [3.8, 4) is 0 Å². The van der Waals surface area contributed by atoms with Gasteiger partial charge in [-0.2, -0.15) is 0 Å². The van der Waals surface area contributed by atoms with Crippen LogP contribution >= 0.6 is 11.8 Å². The molecule has 0 spiro atoms. The number of benzene rings is 1. The Kier molecular flexibility index (Phi) is 5.41. The van der Waals surface area contributed by atoms with Gasteiger partial charge in [-0.25, -0.2) is 8.78 Å². The molecule has 17 heavy (non-hydrogen) atoms. The molecule has 94 valence electrons. The number of carboxylic acids is 1. The Morgan fingerprint density at radius 1 is 1.47 bits per heavy atom. The lowest BCUT2D eigenvalue weighted by atomic mass is 10.2. The van der Waals surface area contributed by atoms with Crippen LogP contribution in [0.25, 0.3) is 0 Å². The second kappa shape index (κ2) is 6.59. The molecule has 1 aromatic rings. The summed E-state index contributed by atoms with van der Waals surface area (Å²) in [6, 6.07) is 3.06. The third kappa shape index (κ3) is 4.34. The van der Waals surface area contributed by atoms with E-state index >= 15 is 0 Å². The van der Waals surface area contributed by atoms with Gasteiger partial charge in [0.05, 0.1) is 0 Å². The maximum Gasteiger partial charge on any atom is 0.316 e. The van der Waals surface area contributed by atoms with E-state index in [4.69, 9.17) is 5.11 Å². The van der Waals surface area contributed by atoms with E-state index in [9.17, 15) is 13.6 Å². The minimum atomic E-state index is -0.993. The third-order valence-corrected chi connectivity index (χ3v) is 3.55. The standard InChI is InChI=1S/C12H14F2O2S/c1-2-3-4-10(12(15)16)17-11-7-8(13)5-6-9(11)14/h5-7,10H,2-4H2,1H3,(H,15,16). The van der Waals surface area contributed by atoms with Crippen LogP contribution in [0.1, 0.15) is 26.2 Å². The zero-order chi connectivity index (χ0) is 12.8. The normalized spacial score (nSPS) is 12.4. The van der Waals surface area contributed by atoms with Gasteiger partial charge >= 0.3 is 5.97 Å². The number of hydrogen-bond acceptors (Lipinski definition) is 2. The van der Waals surface area contributed by atoms with Gasteiger partial charge in [-0.15, -0.1) is 11.8 Å². The molecule has 5 heteroatoms. The molecule has 0 amide bonds. The summed E-state index contributed by atoms with van der Waals surface area (Å²) in [6.07, 6.45) is 2.07. The SMILES string of the molecule is CCCCC(Sc1cc(F)ccc1F)C(=O)O. The minimum Gasteiger partial charge on any atom is -0.480 e. The Morgan fingerprint density at radius 3 is 2.76 bits per heavy atom. The van der Waals surface area contributed by atoms with Gasteiger partial charge in [-0.05, 0) is 24.6 Å². The second-order valence-corrected chi connectivity index (χ2v) is 4.91. The van der Waals surface area contributed by atoms with E-state index in [1.54, 1.807) is 0 Å². The van der Waals surface area contributed by atoms with E-state index in [0.29, 0.717) is 6.42 Å². The van der Waals surface area contributed by atoms with Gasteiger partial charge in [0.2, 0.25) is 0 Å². The highest BCUT2D eigenvalue weighted by Gasteiger charge is 2.20. The third-order valence-electron chi connectivity index (χ3n) is 2.26. The van der Waals surface area contributed by atoms with E-state index in [0.717, 1.165) is 42.8 Å². The van der Waals surface area contributed by atoms with E-state index in [-0.39, 0.29) is 4.90 Å². The van der Waals surface area contributed by atoms with Crippen molar-refractivity contribution in [1.82, 2.24) is 0 Å². The number of aliphatic carboxylic acids is 1. The molecule has 0 aliphatic rings. The molecule has 2 nitrogen and oxygen atoms in total. The molecule has 0 heterocycles. The van der Waals surface area contributed by atoms with Crippen LogP contribution in [-0.2, 0) is 4.79 Å². The Labute approximate surface area is 103 Å². The van der Waals surface area contributed by atoms with Crippen molar-refractivity contribution in [2.75, 3.05) is 0 Å². The van der Waals surface area contributed by atoms with E-state index in [1.807, 2.05) is 6.92 Å². The highest BCUT2D eigenvalue weighted by atomic mass is 32.2. The molecule has 0 aromatic heterocycles. The molecule has 1 rings (SSSR count). The van der Waals surface area contributed by atoms with Crippen LogP contribution < -0.4 is 0 Å². The summed E-state index contributed by atoms with van der Waals surface area (Å²) in [7, 11) is 0. The summed E-state index contributed by atoms with van der Waals surface area (Å²) < 4.78 is 26.3. The smallest absolute Gasteiger partial charge is 0.316 e.